The van der Waals surface area contributed by atoms with E-state index in [0.29, 0.717) is 0 Å². The molecule has 0 amide bonds. The lowest BCUT2D eigenvalue weighted by Gasteiger charge is -2.03. The van der Waals surface area contributed by atoms with Gasteiger partial charge in [-0.3, -0.25) is 0 Å². The molecule has 13 heavy (non-hydrogen) atoms. The number of hydrogen-bond donors (Lipinski definition) is 0. The first-order valence-corrected chi connectivity index (χ1v) is 5.04. The van der Waals surface area contributed by atoms with Gasteiger partial charge in [-0.15, -0.1) is 0 Å². The van der Waals surface area contributed by atoms with E-state index in [2.05, 4.69) is 51.1 Å². The summed E-state index contributed by atoms with van der Waals surface area (Å²) in [5.74, 6) is 0. The fraction of sp³-hybridized carbons (Fsp3) is 0.385. The van der Waals surface area contributed by atoms with Crippen molar-refractivity contribution >= 4 is 6.08 Å². The van der Waals surface area contributed by atoms with Gasteiger partial charge in [0.1, 0.15) is 0 Å². The first-order valence-electron chi connectivity index (χ1n) is 5.04. The number of aryl methyl sites for hydroxylation is 2. The third-order valence-corrected chi connectivity index (χ3v) is 2.29. The monoisotopic (exact) mass is 174 g/mol. The molecule has 0 atom stereocenters. The molecule has 1 rings (SSSR count). The summed E-state index contributed by atoms with van der Waals surface area (Å²) < 4.78 is 0. The van der Waals surface area contributed by atoms with Crippen LogP contribution in [0.15, 0.2) is 24.3 Å². The van der Waals surface area contributed by atoms with Crippen molar-refractivity contribution in [2.24, 2.45) is 0 Å². The molecule has 0 saturated heterocycles. The van der Waals surface area contributed by atoms with Crippen molar-refractivity contribution in [1.82, 2.24) is 0 Å². The molecule has 0 radical (unpaired) electrons. The number of benzene rings is 1. The summed E-state index contributed by atoms with van der Waals surface area (Å²) in [4.78, 5) is 0. The molecular formula is C13H18. The summed E-state index contributed by atoms with van der Waals surface area (Å²) in [5, 5.41) is 0. The summed E-state index contributed by atoms with van der Waals surface area (Å²) in [6.07, 6.45) is 6.62. The molecule has 0 bridgehead atoms. The van der Waals surface area contributed by atoms with Crippen molar-refractivity contribution in [2.45, 2.75) is 33.6 Å². The van der Waals surface area contributed by atoms with Gasteiger partial charge in [-0.2, -0.15) is 0 Å². The summed E-state index contributed by atoms with van der Waals surface area (Å²) in [6, 6.07) is 6.67. The van der Waals surface area contributed by atoms with Crippen LogP contribution in [0.2, 0.25) is 0 Å². The van der Waals surface area contributed by atoms with Crippen LogP contribution in [-0.4, -0.2) is 0 Å². The van der Waals surface area contributed by atoms with Crippen molar-refractivity contribution in [3.8, 4) is 0 Å². The lowest BCUT2D eigenvalue weighted by molar-refractivity contribution is 1.11. The maximum atomic E-state index is 2.25. The fourth-order valence-corrected chi connectivity index (χ4v) is 1.47. The van der Waals surface area contributed by atoms with Crippen LogP contribution in [0.5, 0.6) is 0 Å². The molecule has 0 fully saturated rings. The molecule has 0 aliphatic heterocycles. The van der Waals surface area contributed by atoms with Gasteiger partial charge in [0.15, 0.2) is 0 Å². The Hall–Kier alpha value is -1.04. The van der Waals surface area contributed by atoms with Crippen LogP contribution in [0.3, 0.4) is 0 Å². The van der Waals surface area contributed by atoms with Gasteiger partial charge in [-0.25, -0.2) is 0 Å². The van der Waals surface area contributed by atoms with Gasteiger partial charge in [-0.1, -0.05) is 44.2 Å². The summed E-state index contributed by atoms with van der Waals surface area (Å²) >= 11 is 0. The molecule has 0 nitrogen and oxygen atoms in total. The second-order valence-electron chi connectivity index (χ2n) is 3.35. The van der Waals surface area contributed by atoms with E-state index in [4.69, 9.17) is 0 Å². The molecule has 1 aromatic rings. The van der Waals surface area contributed by atoms with Crippen molar-refractivity contribution in [3.05, 3.63) is 41.0 Å². The Kier molecular flexibility index (Phi) is 3.75. The molecule has 0 unspecified atom stereocenters. The van der Waals surface area contributed by atoms with E-state index < -0.39 is 0 Å². The normalized spacial score (nSPS) is 11.0. The second-order valence-corrected chi connectivity index (χ2v) is 3.35. The summed E-state index contributed by atoms with van der Waals surface area (Å²) in [6.45, 7) is 6.54. The molecule has 0 N–H and O–H groups in total. The minimum absolute atomic E-state index is 1.11. The average molecular weight is 174 g/mol. The van der Waals surface area contributed by atoms with E-state index in [9.17, 15) is 0 Å². The lowest BCUT2D eigenvalue weighted by atomic mass is 10.0. The Bertz CT molecular complexity index is 295. The molecule has 0 saturated carbocycles. The van der Waals surface area contributed by atoms with Gasteiger partial charge < -0.3 is 0 Å². The quantitative estimate of drug-likeness (QED) is 0.650. The van der Waals surface area contributed by atoms with E-state index >= 15 is 0 Å². The average Bonchev–Trinajstić information content (AvgIpc) is 2.15. The zero-order valence-electron chi connectivity index (χ0n) is 8.80. The zero-order chi connectivity index (χ0) is 9.68. The maximum Gasteiger partial charge on any atom is -0.0257 e. The van der Waals surface area contributed by atoms with Crippen LogP contribution in [0.25, 0.3) is 6.08 Å². The molecule has 0 aromatic heterocycles. The van der Waals surface area contributed by atoms with Crippen LogP contribution in [0.1, 0.15) is 37.0 Å². The topological polar surface area (TPSA) is 0 Å². The van der Waals surface area contributed by atoms with Crippen molar-refractivity contribution < 1.29 is 0 Å². The molecule has 0 aliphatic carbocycles. The number of hydrogen-bond acceptors (Lipinski definition) is 0. The zero-order valence-corrected chi connectivity index (χ0v) is 8.80. The number of rotatable bonds is 3. The first-order chi connectivity index (χ1) is 6.27. The molecule has 0 heteroatoms. The van der Waals surface area contributed by atoms with E-state index in [1.165, 1.54) is 16.7 Å². The smallest absolute Gasteiger partial charge is 0.0257 e. The highest BCUT2D eigenvalue weighted by molar-refractivity contribution is 5.51. The molecule has 0 heterocycles. The predicted molar refractivity (Wildman–Crippen MR) is 59.9 cm³/mol. The SMILES string of the molecule is CC/C=C/c1ccc(CC)c(C)c1. The van der Waals surface area contributed by atoms with Gasteiger partial charge in [0.25, 0.3) is 0 Å². The molecule has 1 aromatic carbocycles. The second kappa shape index (κ2) is 4.86. The molecule has 0 aliphatic rings. The fourth-order valence-electron chi connectivity index (χ4n) is 1.47. The largest absolute Gasteiger partial charge is 0.0842 e. The molecular weight excluding hydrogens is 156 g/mol. The van der Waals surface area contributed by atoms with Gasteiger partial charge in [0, 0.05) is 0 Å². The Morgan fingerprint density at radius 2 is 2.00 bits per heavy atom. The highest BCUT2D eigenvalue weighted by Crippen LogP contribution is 2.12. The number of allylic oxidation sites excluding steroid dienone is 1. The maximum absolute atomic E-state index is 2.25. The Labute approximate surface area is 81.3 Å². The van der Waals surface area contributed by atoms with Crippen molar-refractivity contribution in [3.63, 3.8) is 0 Å². The van der Waals surface area contributed by atoms with E-state index in [1.54, 1.807) is 0 Å². The van der Waals surface area contributed by atoms with Gasteiger partial charge in [0.2, 0.25) is 0 Å². The van der Waals surface area contributed by atoms with Crippen LogP contribution < -0.4 is 0 Å². The minimum Gasteiger partial charge on any atom is -0.0842 e. The Balaban J connectivity index is 2.89. The van der Waals surface area contributed by atoms with Crippen LogP contribution in [-0.2, 0) is 6.42 Å². The first kappa shape index (κ1) is 10.0. The highest BCUT2D eigenvalue weighted by atomic mass is 14.0. The van der Waals surface area contributed by atoms with E-state index in [0.717, 1.165) is 12.8 Å². The third-order valence-electron chi connectivity index (χ3n) is 2.29. The van der Waals surface area contributed by atoms with Gasteiger partial charge >= 0.3 is 0 Å². The predicted octanol–water partition coefficient (Wildman–Crippen LogP) is 3.98. The van der Waals surface area contributed by atoms with Crippen LogP contribution >= 0.6 is 0 Å². The van der Waals surface area contributed by atoms with Crippen molar-refractivity contribution in [1.29, 1.82) is 0 Å². The van der Waals surface area contributed by atoms with Gasteiger partial charge in [-0.05, 0) is 36.5 Å². The van der Waals surface area contributed by atoms with Gasteiger partial charge in [0.05, 0.1) is 0 Å². The van der Waals surface area contributed by atoms with Crippen LogP contribution in [0.4, 0.5) is 0 Å². The third kappa shape index (κ3) is 2.73. The van der Waals surface area contributed by atoms with E-state index in [-0.39, 0.29) is 0 Å². The van der Waals surface area contributed by atoms with E-state index in [1.807, 2.05) is 0 Å². The standard InChI is InChI=1S/C13H18/c1-4-6-7-12-8-9-13(5-2)11(3)10-12/h6-10H,4-5H2,1-3H3/b7-6+. The highest BCUT2D eigenvalue weighted by Gasteiger charge is 1.94. The van der Waals surface area contributed by atoms with Crippen molar-refractivity contribution in [2.75, 3.05) is 0 Å². The van der Waals surface area contributed by atoms with Crippen LogP contribution in [0, 0.1) is 6.92 Å². The lowest BCUT2D eigenvalue weighted by Crippen LogP contribution is -1.86. The minimum atomic E-state index is 1.11. The summed E-state index contributed by atoms with van der Waals surface area (Å²) in [7, 11) is 0. The Morgan fingerprint density at radius 1 is 1.23 bits per heavy atom. The Morgan fingerprint density at radius 3 is 2.54 bits per heavy atom. The molecule has 0 spiro atoms. The summed E-state index contributed by atoms with van der Waals surface area (Å²) in [5.41, 5.74) is 4.17. The molecule has 70 valence electrons.